The van der Waals surface area contributed by atoms with Gasteiger partial charge in [0.25, 0.3) is 5.91 Å². The zero-order valence-corrected chi connectivity index (χ0v) is 13.9. The molecule has 5 nitrogen and oxygen atoms in total. The molecule has 0 saturated carbocycles. The molecule has 0 aliphatic carbocycles. The Kier molecular flexibility index (Phi) is 6.51. The number of hydrogen-bond acceptors (Lipinski definition) is 3. The summed E-state index contributed by atoms with van der Waals surface area (Å²) >= 11 is 0. The normalized spacial score (nSPS) is 10.3. The van der Waals surface area contributed by atoms with E-state index in [-0.39, 0.29) is 17.9 Å². The number of benzene rings is 2. The predicted molar refractivity (Wildman–Crippen MR) is 91.1 cm³/mol. The van der Waals surface area contributed by atoms with Crippen LogP contribution in [0, 0.1) is 12.7 Å². The summed E-state index contributed by atoms with van der Waals surface area (Å²) in [7, 11) is 0. The third-order valence-corrected chi connectivity index (χ3v) is 3.48. The molecule has 0 saturated heterocycles. The van der Waals surface area contributed by atoms with Crippen LogP contribution >= 0.6 is 0 Å². The Labute approximate surface area is 145 Å². The molecule has 2 aromatic carbocycles. The Bertz CT molecular complexity index is 723. The highest BCUT2D eigenvalue weighted by atomic mass is 19.1. The van der Waals surface area contributed by atoms with Gasteiger partial charge in [0.1, 0.15) is 11.6 Å². The average Bonchev–Trinajstić information content (AvgIpc) is 2.56. The number of ether oxygens (including phenoxy) is 1. The topological polar surface area (TPSA) is 75.6 Å². The van der Waals surface area contributed by atoms with Gasteiger partial charge in [-0.25, -0.2) is 4.39 Å². The molecule has 0 bridgehead atoms. The van der Waals surface area contributed by atoms with E-state index in [1.165, 1.54) is 12.1 Å². The minimum absolute atomic E-state index is 0.0731. The summed E-state index contributed by atoms with van der Waals surface area (Å²) < 4.78 is 18.8. The maximum absolute atomic E-state index is 13.3. The van der Waals surface area contributed by atoms with Crippen molar-refractivity contribution in [3.63, 3.8) is 0 Å². The van der Waals surface area contributed by atoms with Crippen LogP contribution < -0.4 is 10.1 Å². The van der Waals surface area contributed by atoms with E-state index < -0.39 is 11.8 Å². The molecule has 0 radical (unpaired) electrons. The molecular weight excluding hydrogens is 325 g/mol. The zero-order chi connectivity index (χ0) is 18.2. The highest BCUT2D eigenvalue weighted by molar-refractivity contribution is 5.94. The molecule has 1 amide bonds. The van der Waals surface area contributed by atoms with Crippen LogP contribution in [0.15, 0.2) is 42.5 Å². The van der Waals surface area contributed by atoms with E-state index in [0.29, 0.717) is 30.9 Å². The largest absolute Gasteiger partial charge is 0.494 e. The number of rotatable bonds is 8. The van der Waals surface area contributed by atoms with Crippen molar-refractivity contribution in [2.75, 3.05) is 6.61 Å². The number of carbonyl (C=O) groups is 2. The van der Waals surface area contributed by atoms with Gasteiger partial charge < -0.3 is 15.2 Å². The summed E-state index contributed by atoms with van der Waals surface area (Å²) in [5.74, 6) is -0.976. The molecular formula is C19H20FNO4. The van der Waals surface area contributed by atoms with Gasteiger partial charge in [-0.2, -0.15) is 0 Å². The van der Waals surface area contributed by atoms with E-state index in [4.69, 9.17) is 9.84 Å². The van der Waals surface area contributed by atoms with Crippen molar-refractivity contribution in [3.8, 4) is 5.75 Å². The molecule has 2 N–H and O–H groups in total. The van der Waals surface area contributed by atoms with Gasteiger partial charge in [0, 0.05) is 18.5 Å². The molecule has 0 spiro atoms. The Morgan fingerprint density at radius 1 is 1.16 bits per heavy atom. The number of aliphatic carboxylic acids is 1. The lowest BCUT2D eigenvalue weighted by Gasteiger charge is -2.08. The lowest BCUT2D eigenvalue weighted by molar-refractivity contribution is -0.137. The molecule has 6 heteroatoms. The van der Waals surface area contributed by atoms with E-state index in [1.807, 2.05) is 12.1 Å². The maximum Gasteiger partial charge on any atom is 0.303 e. The quantitative estimate of drug-likeness (QED) is 0.720. The predicted octanol–water partition coefficient (Wildman–Crippen LogP) is 3.31. The van der Waals surface area contributed by atoms with Crippen molar-refractivity contribution in [2.45, 2.75) is 26.3 Å². The fourth-order valence-electron chi connectivity index (χ4n) is 2.27. The Morgan fingerprint density at radius 3 is 2.52 bits per heavy atom. The first-order valence-corrected chi connectivity index (χ1v) is 7.93. The maximum atomic E-state index is 13.3. The van der Waals surface area contributed by atoms with Crippen LogP contribution in [-0.4, -0.2) is 23.6 Å². The Balaban J connectivity index is 1.82. The molecule has 0 fully saturated rings. The molecule has 2 aromatic rings. The second kappa shape index (κ2) is 8.82. The number of amides is 1. The van der Waals surface area contributed by atoms with Crippen LogP contribution in [0.25, 0.3) is 0 Å². The van der Waals surface area contributed by atoms with Gasteiger partial charge in [-0.05, 0) is 54.8 Å². The van der Waals surface area contributed by atoms with E-state index in [1.54, 1.807) is 25.1 Å². The number of carbonyl (C=O) groups excluding carboxylic acids is 1. The lowest BCUT2D eigenvalue weighted by atomic mass is 10.1. The molecule has 0 atom stereocenters. The number of aryl methyl sites for hydroxylation is 1. The molecule has 0 aliphatic rings. The third-order valence-electron chi connectivity index (χ3n) is 3.48. The minimum atomic E-state index is -0.844. The molecule has 0 aliphatic heterocycles. The number of halogens is 1. The summed E-state index contributed by atoms with van der Waals surface area (Å²) in [4.78, 5) is 22.5. The van der Waals surface area contributed by atoms with E-state index in [2.05, 4.69) is 5.32 Å². The summed E-state index contributed by atoms with van der Waals surface area (Å²) in [5, 5.41) is 11.3. The molecule has 2 rings (SSSR count). The van der Waals surface area contributed by atoms with Gasteiger partial charge >= 0.3 is 5.97 Å². The molecule has 0 heterocycles. The summed E-state index contributed by atoms with van der Waals surface area (Å²) in [6.45, 7) is 2.38. The van der Waals surface area contributed by atoms with Crippen LogP contribution in [0.5, 0.6) is 5.75 Å². The first-order chi connectivity index (χ1) is 11.9. The van der Waals surface area contributed by atoms with Gasteiger partial charge in [-0.15, -0.1) is 0 Å². The van der Waals surface area contributed by atoms with Crippen LogP contribution in [0.3, 0.4) is 0 Å². The molecule has 132 valence electrons. The van der Waals surface area contributed by atoms with Crippen molar-refractivity contribution in [1.82, 2.24) is 5.32 Å². The van der Waals surface area contributed by atoms with Crippen LogP contribution in [0.1, 0.15) is 34.3 Å². The van der Waals surface area contributed by atoms with Crippen molar-refractivity contribution in [2.24, 2.45) is 0 Å². The van der Waals surface area contributed by atoms with E-state index in [0.717, 1.165) is 5.56 Å². The number of nitrogens with one attached hydrogen (secondary N) is 1. The summed E-state index contributed by atoms with van der Waals surface area (Å²) in [6, 6.07) is 11.3. The third kappa shape index (κ3) is 6.25. The Morgan fingerprint density at radius 2 is 1.88 bits per heavy atom. The van der Waals surface area contributed by atoms with Crippen LogP contribution in [0.2, 0.25) is 0 Å². The second-order valence-electron chi connectivity index (χ2n) is 5.69. The monoisotopic (exact) mass is 345 g/mol. The fraction of sp³-hybridized carbons (Fsp3) is 0.263. The summed E-state index contributed by atoms with van der Waals surface area (Å²) in [6.07, 6.45) is 0.518. The number of carboxylic acid groups (broad SMARTS) is 1. The van der Waals surface area contributed by atoms with Crippen LogP contribution in [-0.2, 0) is 11.3 Å². The van der Waals surface area contributed by atoms with Gasteiger partial charge in [0.2, 0.25) is 0 Å². The number of hydrogen-bond donors (Lipinski definition) is 2. The standard InChI is InChI=1S/C19H20FNO4/c1-13-9-15(11-16(20)10-13)19(24)21-12-14-4-6-17(7-5-14)25-8-2-3-18(22)23/h4-7,9-11H,2-3,8,12H2,1H3,(H,21,24)(H,22,23). The zero-order valence-electron chi connectivity index (χ0n) is 13.9. The molecule has 0 aromatic heterocycles. The molecule has 0 unspecified atom stereocenters. The van der Waals surface area contributed by atoms with Gasteiger partial charge in [-0.1, -0.05) is 12.1 Å². The van der Waals surface area contributed by atoms with E-state index in [9.17, 15) is 14.0 Å². The Hall–Kier alpha value is -2.89. The highest BCUT2D eigenvalue weighted by Gasteiger charge is 2.07. The van der Waals surface area contributed by atoms with Gasteiger partial charge in [0.05, 0.1) is 6.61 Å². The molecule has 25 heavy (non-hydrogen) atoms. The number of carboxylic acids is 1. The van der Waals surface area contributed by atoms with Gasteiger partial charge in [-0.3, -0.25) is 9.59 Å². The van der Waals surface area contributed by atoms with Gasteiger partial charge in [0.15, 0.2) is 0 Å². The minimum Gasteiger partial charge on any atom is -0.494 e. The SMILES string of the molecule is Cc1cc(F)cc(C(=O)NCc2ccc(OCCCC(=O)O)cc2)c1. The smallest absolute Gasteiger partial charge is 0.303 e. The summed E-state index contributed by atoms with van der Waals surface area (Å²) in [5.41, 5.74) is 1.85. The van der Waals surface area contributed by atoms with E-state index >= 15 is 0 Å². The van der Waals surface area contributed by atoms with Crippen molar-refractivity contribution in [1.29, 1.82) is 0 Å². The first-order valence-electron chi connectivity index (χ1n) is 7.93. The average molecular weight is 345 g/mol. The van der Waals surface area contributed by atoms with Crippen molar-refractivity contribution >= 4 is 11.9 Å². The highest BCUT2D eigenvalue weighted by Crippen LogP contribution is 2.13. The van der Waals surface area contributed by atoms with Crippen molar-refractivity contribution < 1.29 is 23.8 Å². The fourth-order valence-corrected chi connectivity index (χ4v) is 2.27. The lowest BCUT2D eigenvalue weighted by Crippen LogP contribution is -2.23. The van der Waals surface area contributed by atoms with Crippen LogP contribution in [0.4, 0.5) is 4.39 Å². The first kappa shape index (κ1) is 18.4. The second-order valence-corrected chi connectivity index (χ2v) is 5.69. The van der Waals surface area contributed by atoms with Crippen molar-refractivity contribution in [3.05, 3.63) is 65.0 Å².